The first-order valence-electron chi connectivity index (χ1n) is 10.0. The Labute approximate surface area is 150 Å². The van der Waals surface area contributed by atoms with Crippen molar-refractivity contribution in [2.45, 2.75) is 71.8 Å². The van der Waals surface area contributed by atoms with Crippen LogP contribution in [0.15, 0.2) is 23.8 Å². The number of esters is 1. The van der Waals surface area contributed by atoms with Crippen LogP contribution in [0.4, 0.5) is 0 Å². The summed E-state index contributed by atoms with van der Waals surface area (Å²) in [5.41, 5.74) is 1.53. The maximum Gasteiger partial charge on any atom is 0.305 e. The molecule has 0 aromatic rings. The first-order chi connectivity index (χ1) is 11.9. The summed E-state index contributed by atoms with van der Waals surface area (Å²) in [5.74, 6) is 2.05. The Hall–Kier alpha value is -1.38. The maximum absolute atomic E-state index is 11.9. The van der Waals surface area contributed by atoms with Crippen LogP contribution in [0.3, 0.4) is 0 Å². The summed E-state index contributed by atoms with van der Waals surface area (Å²) in [6.07, 6.45) is 13.1. The average molecular weight is 342 g/mol. The Bertz CT molecular complexity index is 660. The molecule has 4 rings (SSSR count). The molecule has 0 spiro atoms. The molecule has 3 nitrogen and oxygen atoms in total. The lowest BCUT2D eigenvalue weighted by Gasteiger charge is -2.56. The molecule has 0 unspecified atom stereocenters. The van der Waals surface area contributed by atoms with E-state index in [0.29, 0.717) is 24.2 Å². The Morgan fingerprint density at radius 3 is 2.76 bits per heavy atom. The van der Waals surface area contributed by atoms with E-state index >= 15 is 0 Å². The van der Waals surface area contributed by atoms with Crippen LogP contribution in [-0.4, -0.2) is 17.9 Å². The molecule has 0 bridgehead atoms. The third-order valence-electron chi connectivity index (χ3n) is 8.03. The van der Waals surface area contributed by atoms with Crippen LogP contribution in [0.5, 0.6) is 0 Å². The van der Waals surface area contributed by atoms with Crippen molar-refractivity contribution >= 4 is 11.8 Å². The fourth-order valence-corrected chi connectivity index (χ4v) is 6.59. The van der Waals surface area contributed by atoms with Crippen LogP contribution in [0.1, 0.15) is 65.7 Å². The molecule has 3 saturated carbocycles. The molecule has 136 valence electrons. The van der Waals surface area contributed by atoms with Crippen LogP contribution in [0.2, 0.25) is 0 Å². The molecule has 0 aliphatic heterocycles. The standard InChI is InChI=1S/C22H30O3/c1-4-20(24)25-19-8-7-17-16-6-5-14-13-15(23)9-11-21(14,2)18(16)10-12-22(17,19)3/h9,11,13,16-19H,4-8,10,12H2,1-3H3/t16-,17+,18-,19+,21+,22+/m1/s1. The van der Waals surface area contributed by atoms with Gasteiger partial charge in [-0.25, -0.2) is 0 Å². The predicted octanol–water partition coefficient (Wildman–Crippen LogP) is 4.62. The van der Waals surface area contributed by atoms with Crippen LogP contribution >= 0.6 is 0 Å². The minimum atomic E-state index is -0.0523. The summed E-state index contributed by atoms with van der Waals surface area (Å²) < 4.78 is 5.85. The van der Waals surface area contributed by atoms with Crippen molar-refractivity contribution in [3.63, 3.8) is 0 Å². The highest BCUT2D eigenvalue weighted by atomic mass is 16.5. The van der Waals surface area contributed by atoms with E-state index in [1.807, 2.05) is 13.0 Å². The molecular formula is C22H30O3. The van der Waals surface area contributed by atoms with E-state index < -0.39 is 0 Å². The molecule has 0 amide bonds. The molecule has 0 N–H and O–H groups in total. The zero-order valence-corrected chi connectivity index (χ0v) is 15.7. The highest BCUT2D eigenvalue weighted by Crippen LogP contribution is 2.64. The third-order valence-corrected chi connectivity index (χ3v) is 8.03. The van der Waals surface area contributed by atoms with Crippen molar-refractivity contribution in [3.8, 4) is 0 Å². The van der Waals surface area contributed by atoms with Gasteiger partial charge >= 0.3 is 5.97 Å². The van der Waals surface area contributed by atoms with E-state index in [2.05, 4.69) is 19.9 Å². The lowest BCUT2D eigenvalue weighted by atomic mass is 9.48. The highest BCUT2D eigenvalue weighted by molar-refractivity contribution is 6.01. The Kier molecular flexibility index (Phi) is 3.97. The molecule has 25 heavy (non-hydrogen) atoms. The van der Waals surface area contributed by atoms with Crippen molar-refractivity contribution in [1.29, 1.82) is 0 Å². The number of fused-ring (bicyclic) bond motifs is 5. The van der Waals surface area contributed by atoms with E-state index in [1.165, 1.54) is 24.8 Å². The van der Waals surface area contributed by atoms with E-state index in [1.54, 1.807) is 6.08 Å². The first kappa shape index (κ1) is 17.1. The molecule has 0 radical (unpaired) electrons. The smallest absolute Gasteiger partial charge is 0.305 e. The van der Waals surface area contributed by atoms with Gasteiger partial charge in [0, 0.05) is 17.3 Å². The second kappa shape index (κ2) is 5.82. The van der Waals surface area contributed by atoms with Crippen LogP contribution in [-0.2, 0) is 14.3 Å². The van der Waals surface area contributed by atoms with Crippen molar-refractivity contribution in [2.24, 2.45) is 28.6 Å². The number of ketones is 1. The van der Waals surface area contributed by atoms with Gasteiger partial charge < -0.3 is 4.74 Å². The number of carbonyl (C=O) groups is 2. The topological polar surface area (TPSA) is 43.4 Å². The molecule has 3 fully saturated rings. The van der Waals surface area contributed by atoms with E-state index in [9.17, 15) is 9.59 Å². The van der Waals surface area contributed by atoms with Gasteiger partial charge in [0.2, 0.25) is 0 Å². The van der Waals surface area contributed by atoms with E-state index in [0.717, 1.165) is 19.3 Å². The number of ether oxygens (including phenoxy) is 1. The minimum Gasteiger partial charge on any atom is -0.462 e. The maximum atomic E-state index is 11.9. The quantitative estimate of drug-likeness (QED) is 0.688. The van der Waals surface area contributed by atoms with Gasteiger partial charge in [0.15, 0.2) is 5.78 Å². The summed E-state index contributed by atoms with van der Waals surface area (Å²) >= 11 is 0. The fraction of sp³-hybridized carbons (Fsp3) is 0.727. The summed E-state index contributed by atoms with van der Waals surface area (Å²) in [5, 5.41) is 0. The average Bonchev–Trinajstić information content (AvgIpc) is 2.92. The van der Waals surface area contributed by atoms with Crippen molar-refractivity contribution < 1.29 is 14.3 Å². The monoisotopic (exact) mass is 342 g/mol. The number of hydrogen-bond donors (Lipinski definition) is 0. The molecule has 4 aliphatic carbocycles. The summed E-state index contributed by atoms with van der Waals surface area (Å²) in [6.45, 7) is 6.58. The van der Waals surface area contributed by atoms with Gasteiger partial charge in [-0.1, -0.05) is 32.4 Å². The summed E-state index contributed by atoms with van der Waals surface area (Å²) in [4.78, 5) is 23.7. The lowest BCUT2D eigenvalue weighted by Crippen LogP contribution is -2.51. The third kappa shape index (κ3) is 2.45. The van der Waals surface area contributed by atoms with Gasteiger partial charge in [-0.2, -0.15) is 0 Å². The van der Waals surface area contributed by atoms with Gasteiger partial charge in [0.25, 0.3) is 0 Å². The van der Waals surface area contributed by atoms with Gasteiger partial charge in [-0.3, -0.25) is 9.59 Å². The number of hydrogen-bond acceptors (Lipinski definition) is 3. The van der Waals surface area contributed by atoms with E-state index in [4.69, 9.17) is 4.74 Å². The first-order valence-corrected chi connectivity index (χ1v) is 10.0. The van der Waals surface area contributed by atoms with E-state index in [-0.39, 0.29) is 28.7 Å². The van der Waals surface area contributed by atoms with Crippen LogP contribution in [0, 0.1) is 28.6 Å². The molecule has 0 aromatic carbocycles. The van der Waals surface area contributed by atoms with Gasteiger partial charge in [-0.05, 0) is 68.4 Å². The summed E-state index contributed by atoms with van der Waals surface area (Å²) in [6, 6.07) is 0. The van der Waals surface area contributed by atoms with Crippen LogP contribution in [0.25, 0.3) is 0 Å². The predicted molar refractivity (Wildman–Crippen MR) is 96.8 cm³/mol. The molecular weight excluding hydrogens is 312 g/mol. The molecule has 0 saturated heterocycles. The lowest BCUT2D eigenvalue weighted by molar-refractivity contribution is -0.158. The van der Waals surface area contributed by atoms with Gasteiger partial charge in [0.05, 0.1) is 0 Å². The normalized spacial score (nSPS) is 45.2. The second-order valence-electron chi connectivity index (χ2n) is 9.06. The second-order valence-corrected chi connectivity index (χ2v) is 9.06. The molecule has 3 heteroatoms. The van der Waals surface area contributed by atoms with Crippen molar-refractivity contribution in [1.82, 2.24) is 0 Å². The molecule has 0 heterocycles. The summed E-state index contributed by atoms with van der Waals surface area (Å²) in [7, 11) is 0. The Balaban J connectivity index is 1.60. The Morgan fingerprint density at radius 2 is 2.00 bits per heavy atom. The van der Waals surface area contributed by atoms with Gasteiger partial charge in [-0.15, -0.1) is 0 Å². The van der Waals surface area contributed by atoms with Gasteiger partial charge in [0.1, 0.15) is 6.10 Å². The SMILES string of the molecule is CCC(=O)O[C@H]1CC[C@H]2[C@H]3CCC4=CC(=O)C=C[C@]4(C)[C@@H]3CC[C@]12C. The number of carbonyl (C=O) groups excluding carboxylic acids is 2. The van der Waals surface area contributed by atoms with Crippen molar-refractivity contribution in [3.05, 3.63) is 23.8 Å². The number of allylic oxidation sites excluding steroid dienone is 4. The number of rotatable bonds is 2. The van der Waals surface area contributed by atoms with Crippen LogP contribution < -0.4 is 0 Å². The Morgan fingerprint density at radius 1 is 1.20 bits per heavy atom. The molecule has 4 aliphatic rings. The highest BCUT2D eigenvalue weighted by Gasteiger charge is 2.59. The molecule has 0 aromatic heterocycles. The fourth-order valence-electron chi connectivity index (χ4n) is 6.59. The largest absolute Gasteiger partial charge is 0.462 e. The zero-order chi connectivity index (χ0) is 17.8. The zero-order valence-electron chi connectivity index (χ0n) is 15.7. The van der Waals surface area contributed by atoms with Crippen molar-refractivity contribution in [2.75, 3.05) is 0 Å². The minimum absolute atomic E-state index is 0.0519. The molecule has 6 atom stereocenters.